The van der Waals surface area contributed by atoms with E-state index in [1.807, 2.05) is 31.2 Å². The van der Waals surface area contributed by atoms with Crippen LogP contribution >= 0.6 is 11.8 Å². The van der Waals surface area contributed by atoms with E-state index in [1.165, 1.54) is 17.3 Å². The van der Waals surface area contributed by atoms with Crippen LogP contribution in [0.1, 0.15) is 37.7 Å². The molecule has 0 aromatic heterocycles. The molecule has 0 saturated carbocycles. The maximum Gasteiger partial charge on any atom is 0.316 e. The summed E-state index contributed by atoms with van der Waals surface area (Å²) in [7, 11) is 1.71. The minimum Gasteiger partial charge on any atom is -0.480 e. The number of carboxylic acid groups (broad SMARTS) is 1. The molecule has 1 atom stereocenters. The van der Waals surface area contributed by atoms with Crippen LogP contribution in [-0.4, -0.2) is 30.0 Å². The molecular formula is C16H24O3S. The fourth-order valence-corrected chi connectivity index (χ4v) is 2.95. The Morgan fingerprint density at radius 2 is 1.85 bits per heavy atom. The normalized spacial score (nSPS) is 12.3. The highest BCUT2D eigenvalue weighted by molar-refractivity contribution is 8.00. The van der Waals surface area contributed by atoms with Crippen LogP contribution in [0.25, 0.3) is 0 Å². The number of rotatable bonds is 10. The number of thioether (sulfide) groups is 1. The predicted octanol–water partition coefficient (Wildman–Crippen LogP) is 4.14. The van der Waals surface area contributed by atoms with Crippen LogP contribution in [0.4, 0.5) is 0 Å². The quantitative estimate of drug-likeness (QED) is 0.521. The van der Waals surface area contributed by atoms with Crippen molar-refractivity contribution in [3.05, 3.63) is 29.8 Å². The van der Waals surface area contributed by atoms with E-state index in [2.05, 4.69) is 0 Å². The predicted molar refractivity (Wildman–Crippen MR) is 83.4 cm³/mol. The lowest BCUT2D eigenvalue weighted by Gasteiger charge is -2.12. The summed E-state index contributed by atoms with van der Waals surface area (Å²) in [5.74, 6) is -0.715. The zero-order chi connectivity index (χ0) is 14.8. The van der Waals surface area contributed by atoms with Gasteiger partial charge >= 0.3 is 5.97 Å². The maximum atomic E-state index is 11.3. The second-order valence-corrected chi connectivity index (χ2v) is 6.23. The Bertz CT molecular complexity index is 389. The second-order valence-electron chi connectivity index (χ2n) is 4.95. The third-order valence-corrected chi connectivity index (χ3v) is 4.41. The van der Waals surface area contributed by atoms with Crippen LogP contribution in [0.5, 0.6) is 0 Å². The molecule has 20 heavy (non-hydrogen) atoms. The van der Waals surface area contributed by atoms with Crippen LogP contribution in [0, 0.1) is 6.92 Å². The summed E-state index contributed by atoms with van der Waals surface area (Å²) in [5, 5.41) is 8.94. The molecule has 1 N–H and O–H groups in total. The molecule has 4 heteroatoms. The number of methoxy groups -OCH3 is 1. The Balaban J connectivity index is 2.33. The Hall–Kier alpha value is -1.00. The van der Waals surface area contributed by atoms with E-state index < -0.39 is 5.97 Å². The Morgan fingerprint density at radius 3 is 2.45 bits per heavy atom. The zero-order valence-electron chi connectivity index (χ0n) is 12.3. The van der Waals surface area contributed by atoms with Gasteiger partial charge in [0.25, 0.3) is 0 Å². The molecule has 0 radical (unpaired) electrons. The highest BCUT2D eigenvalue weighted by Gasteiger charge is 2.18. The van der Waals surface area contributed by atoms with E-state index in [4.69, 9.17) is 4.74 Å². The molecule has 1 rings (SSSR count). The minimum atomic E-state index is -0.715. The fourth-order valence-electron chi connectivity index (χ4n) is 1.94. The van der Waals surface area contributed by atoms with Gasteiger partial charge in [-0.15, -0.1) is 11.8 Å². The number of carboxylic acids is 1. The first-order chi connectivity index (χ1) is 9.63. The Morgan fingerprint density at radius 1 is 1.20 bits per heavy atom. The highest BCUT2D eigenvalue weighted by atomic mass is 32.2. The van der Waals surface area contributed by atoms with Crippen molar-refractivity contribution in [3.63, 3.8) is 0 Å². The molecule has 0 heterocycles. The third kappa shape index (κ3) is 6.96. The number of hydrogen-bond donors (Lipinski definition) is 1. The minimum absolute atomic E-state index is 0.347. The fraction of sp³-hybridized carbons (Fsp3) is 0.562. The van der Waals surface area contributed by atoms with Crippen molar-refractivity contribution in [3.8, 4) is 0 Å². The summed E-state index contributed by atoms with van der Waals surface area (Å²) in [6.45, 7) is 2.82. The molecule has 1 aromatic rings. The van der Waals surface area contributed by atoms with Crippen molar-refractivity contribution in [2.75, 3.05) is 13.7 Å². The van der Waals surface area contributed by atoms with E-state index in [-0.39, 0.29) is 5.25 Å². The van der Waals surface area contributed by atoms with Gasteiger partial charge in [-0.3, -0.25) is 4.79 Å². The molecule has 0 aliphatic rings. The van der Waals surface area contributed by atoms with Gasteiger partial charge in [0.05, 0.1) is 0 Å². The summed E-state index contributed by atoms with van der Waals surface area (Å²) < 4.78 is 5.00. The largest absolute Gasteiger partial charge is 0.480 e. The van der Waals surface area contributed by atoms with Crippen LogP contribution < -0.4 is 0 Å². The van der Waals surface area contributed by atoms with Gasteiger partial charge in [0, 0.05) is 18.6 Å². The van der Waals surface area contributed by atoms with Crippen molar-refractivity contribution in [1.82, 2.24) is 0 Å². The van der Waals surface area contributed by atoms with Gasteiger partial charge in [-0.2, -0.15) is 0 Å². The lowest BCUT2D eigenvalue weighted by Crippen LogP contribution is -2.16. The first kappa shape index (κ1) is 17.1. The number of unbranched alkanes of at least 4 members (excludes halogenated alkanes) is 3. The Labute approximate surface area is 125 Å². The van der Waals surface area contributed by atoms with Crippen molar-refractivity contribution in [2.24, 2.45) is 0 Å². The first-order valence-corrected chi connectivity index (χ1v) is 7.96. The number of ether oxygens (including phenoxy) is 1. The van der Waals surface area contributed by atoms with E-state index in [0.717, 1.165) is 43.6 Å². The molecular weight excluding hydrogens is 272 g/mol. The smallest absolute Gasteiger partial charge is 0.316 e. The van der Waals surface area contributed by atoms with E-state index in [0.29, 0.717) is 0 Å². The Kier molecular flexibility index (Phi) is 8.38. The zero-order valence-corrected chi connectivity index (χ0v) is 13.1. The van der Waals surface area contributed by atoms with Crippen LogP contribution in [0.15, 0.2) is 29.2 Å². The van der Waals surface area contributed by atoms with Gasteiger partial charge in [0.2, 0.25) is 0 Å². The van der Waals surface area contributed by atoms with Crippen molar-refractivity contribution >= 4 is 17.7 Å². The van der Waals surface area contributed by atoms with Crippen LogP contribution in [0.3, 0.4) is 0 Å². The van der Waals surface area contributed by atoms with E-state index in [9.17, 15) is 9.90 Å². The molecule has 0 amide bonds. The van der Waals surface area contributed by atoms with Gasteiger partial charge in [0.1, 0.15) is 5.25 Å². The van der Waals surface area contributed by atoms with Gasteiger partial charge in [-0.1, -0.05) is 37.0 Å². The van der Waals surface area contributed by atoms with Gasteiger partial charge in [0.15, 0.2) is 0 Å². The van der Waals surface area contributed by atoms with Crippen LogP contribution in [0.2, 0.25) is 0 Å². The summed E-state index contributed by atoms with van der Waals surface area (Å²) in [4.78, 5) is 12.3. The molecule has 0 aliphatic carbocycles. The summed E-state index contributed by atoms with van der Waals surface area (Å²) >= 11 is 1.45. The molecule has 0 aliphatic heterocycles. The lowest BCUT2D eigenvalue weighted by molar-refractivity contribution is -0.136. The van der Waals surface area contributed by atoms with Gasteiger partial charge in [-0.25, -0.2) is 0 Å². The van der Waals surface area contributed by atoms with E-state index in [1.54, 1.807) is 7.11 Å². The van der Waals surface area contributed by atoms with Gasteiger partial charge < -0.3 is 9.84 Å². The summed E-state index contributed by atoms with van der Waals surface area (Å²) in [6, 6.07) is 8.03. The summed E-state index contributed by atoms with van der Waals surface area (Å²) in [5.41, 5.74) is 1.19. The molecule has 0 bridgehead atoms. The summed E-state index contributed by atoms with van der Waals surface area (Å²) in [6.07, 6.45) is 4.91. The molecule has 3 nitrogen and oxygen atoms in total. The number of aliphatic carboxylic acids is 1. The van der Waals surface area contributed by atoms with Crippen molar-refractivity contribution in [2.45, 2.75) is 49.2 Å². The number of carbonyl (C=O) groups is 1. The molecule has 112 valence electrons. The van der Waals surface area contributed by atoms with E-state index >= 15 is 0 Å². The number of hydrogen-bond acceptors (Lipinski definition) is 3. The molecule has 0 saturated heterocycles. The topological polar surface area (TPSA) is 46.5 Å². The standard InChI is InChI=1S/C16H24O3S/c1-13-8-10-14(11-9-13)20-15(16(17)18)7-5-3-4-6-12-19-2/h8-11,15H,3-7,12H2,1-2H3,(H,17,18). The highest BCUT2D eigenvalue weighted by Crippen LogP contribution is 2.27. The number of aryl methyl sites for hydroxylation is 1. The molecule has 0 spiro atoms. The third-order valence-electron chi connectivity index (χ3n) is 3.14. The number of benzene rings is 1. The van der Waals surface area contributed by atoms with Gasteiger partial charge in [-0.05, 0) is 31.9 Å². The van der Waals surface area contributed by atoms with Crippen LogP contribution in [-0.2, 0) is 9.53 Å². The first-order valence-electron chi connectivity index (χ1n) is 7.08. The second kappa shape index (κ2) is 9.83. The molecule has 0 fully saturated rings. The average Bonchev–Trinajstić information content (AvgIpc) is 2.43. The molecule has 1 aromatic carbocycles. The average molecular weight is 296 g/mol. The maximum absolute atomic E-state index is 11.3. The van der Waals surface area contributed by atoms with Crippen molar-refractivity contribution in [1.29, 1.82) is 0 Å². The molecule has 1 unspecified atom stereocenters. The lowest BCUT2D eigenvalue weighted by atomic mass is 10.1. The van der Waals surface area contributed by atoms with Crippen molar-refractivity contribution < 1.29 is 14.6 Å². The SMILES string of the molecule is COCCCCCCC(Sc1ccc(C)cc1)C(=O)O. The monoisotopic (exact) mass is 296 g/mol.